The summed E-state index contributed by atoms with van der Waals surface area (Å²) in [5.41, 5.74) is 4.88. The molecule has 0 spiro atoms. The van der Waals surface area contributed by atoms with Crippen LogP contribution in [0.15, 0.2) is 72.8 Å². The van der Waals surface area contributed by atoms with E-state index >= 15 is 0 Å². The van der Waals surface area contributed by atoms with Crippen molar-refractivity contribution in [2.75, 3.05) is 25.6 Å². The summed E-state index contributed by atoms with van der Waals surface area (Å²) < 4.78 is 17.1. The summed E-state index contributed by atoms with van der Waals surface area (Å²) in [4.78, 5) is 24.7. The molecule has 38 heavy (non-hydrogen) atoms. The van der Waals surface area contributed by atoms with Crippen LogP contribution in [0, 0.1) is 0 Å². The van der Waals surface area contributed by atoms with E-state index in [-0.39, 0.29) is 49.6 Å². The lowest BCUT2D eigenvalue weighted by Crippen LogP contribution is -2.47. The SMILES string of the molecule is COCC(=O)Nc1ccc2c(c1)[C@@H]1C[C@@H](CC(=O)NCc3ccc(-c4ccccc4)cc3)O[C@H](CO)[C@@H]1O2. The molecule has 8 heteroatoms. The molecule has 0 radical (unpaired) electrons. The van der Waals surface area contributed by atoms with Crippen LogP contribution in [0.2, 0.25) is 0 Å². The molecule has 1 fully saturated rings. The van der Waals surface area contributed by atoms with Crippen LogP contribution in [0.5, 0.6) is 5.75 Å². The van der Waals surface area contributed by atoms with Gasteiger partial charge in [0, 0.05) is 30.8 Å². The first kappa shape index (κ1) is 25.9. The molecule has 3 aromatic carbocycles. The van der Waals surface area contributed by atoms with Crippen LogP contribution in [-0.2, 0) is 25.6 Å². The molecule has 4 atom stereocenters. The van der Waals surface area contributed by atoms with Crippen LogP contribution in [-0.4, -0.2) is 55.6 Å². The zero-order valence-corrected chi connectivity index (χ0v) is 21.3. The topological polar surface area (TPSA) is 106 Å². The molecule has 2 heterocycles. The number of ether oxygens (including phenoxy) is 3. The Morgan fingerprint density at radius 2 is 1.76 bits per heavy atom. The third-order valence-electron chi connectivity index (χ3n) is 7.02. The Kier molecular flexibility index (Phi) is 8.03. The lowest BCUT2D eigenvalue weighted by molar-refractivity contribution is -0.142. The third kappa shape index (κ3) is 5.88. The normalized spacial score (nSPS) is 21.6. The van der Waals surface area contributed by atoms with Crippen molar-refractivity contribution in [2.24, 2.45) is 0 Å². The number of aliphatic hydroxyl groups excluding tert-OH is 1. The lowest BCUT2D eigenvalue weighted by Gasteiger charge is -2.37. The molecule has 0 aromatic heterocycles. The van der Waals surface area contributed by atoms with Gasteiger partial charge >= 0.3 is 0 Å². The highest BCUT2D eigenvalue weighted by Gasteiger charge is 2.46. The Bertz CT molecular complexity index is 1260. The van der Waals surface area contributed by atoms with E-state index < -0.39 is 6.10 Å². The number of aliphatic hydroxyl groups is 1. The van der Waals surface area contributed by atoms with E-state index in [1.807, 2.05) is 42.5 Å². The van der Waals surface area contributed by atoms with Gasteiger partial charge in [-0.2, -0.15) is 0 Å². The predicted molar refractivity (Wildman–Crippen MR) is 143 cm³/mol. The number of carbonyl (C=O) groups is 2. The first-order valence-electron chi connectivity index (χ1n) is 12.8. The highest BCUT2D eigenvalue weighted by molar-refractivity contribution is 5.92. The summed E-state index contributed by atoms with van der Waals surface area (Å²) in [6, 6.07) is 23.8. The van der Waals surface area contributed by atoms with Crippen molar-refractivity contribution in [2.45, 2.75) is 43.6 Å². The van der Waals surface area contributed by atoms with E-state index in [1.165, 1.54) is 7.11 Å². The summed E-state index contributed by atoms with van der Waals surface area (Å²) in [6.45, 7) is 0.180. The minimum atomic E-state index is -0.545. The van der Waals surface area contributed by atoms with Gasteiger partial charge in [0.05, 0.1) is 19.1 Å². The van der Waals surface area contributed by atoms with Crippen LogP contribution in [0.25, 0.3) is 11.1 Å². The van der Waals surface area contributed by atoms with E-state index in [0.717, 1.165) is 22.3 Å². The number of amides is 2. The second kappa shape index (κ2) is 11.8. The number of hydrogen-bond donors (Lipinski definition) is 3. The van der Waals surface area contributed by atoms with Crippen LogP contribution in [0.1, 0.15) is 29.9 Å². The van der Waals surface area contributed by atoms with Crippen molar-refractivity contribution in [1.29, 1.82) is 0 Å². The fraction of sp³-hybridized carbons (Fsp3) is 0.333. The minimum Gasteiger partial charge on any atom is -0.487 e. The summed E-state index contributed by atoms with van der Waals surface area (Å²) in [5.74, 6) is 0.290. The Hall–Kier alpha value is -3.72. The zero-order valence-electron chi connectivity index (χ0n) is 21.3. The van der Waals surface area contributed by atoms with Gasteiger partial charge in [0.2, 0.25) is 11.8 Å². The van der Waals surface area contributed by atoms with Crippen LogP contribution < -0.4 is 15.4 Å². The fourth-order valence-corrected chi connectivity index (χ4v) is 5.22. The molecule has 0 unspecified atom stereocenters. The summed E-state index contributed by atoms with van der Waals surface area (Å²) in [5, 5.41) is 15.8. The molecular weight excluding hydrogens is 484 g/mol. The van der Waals surface area contributed by atoms with Crippen LogP contribution in [0.3, 0.4) is 0 Å². The van der Waals surface area contributed by atoms with Gasteiger partial charge in [0.15, 0.2) is 0 Å². The number of anilines is 1. The van der Waals surface area contributed by atoms with Crippen molar-refractivity contribution in [3.05, 3.63) is 83.9 Å². The molecule has 2 amide bonds. The number of nitrogens with one attached hydrogen (secondary N) is 2. The maximum Gasteiger partial charge on any atom is 0.250 e. The number of hydrogen-bond acceptors (Lipinski definition) is 6. The third-order valence-corrected chi connectivity index (χ3v) is 7.02. The van der Waals surface area contributed by atoms with Crippen molar-refractivity contribution in [3.63, 3.8) is 0 Å². The van der Waals surface area contributed by atoms with Gasteiger partial charge in [-0.05, 0) is 41.3 Å². The van der Waals surface area contributed by atoms with Gasteiger partial charge < -0.3 is 30.0 Å². The van der Waals surface area contributed by atoms with E-state index in [2.05, 4.69) is 34.9 Å². The van der Waals surface area contributed by atoms with Gasteiger partial charge in [-0.3, -0.25) is 9.59 Å². The lowest BCUT2D eigenvalue weighted by atomic mass is 9.84. The maximum absolute atomic E-state index is 12.8. The largest absolute Gasteiger partial charge is 0.487 e. The second-order valence-electron chi connectivity index (χ2n) is 9.68. The average molecular weight is 517 g/mol. The van der Waals surface area contributed by atoms with Crippen molar-refractivity contribution in [3.8, 4) is 16.9 Å². The Labute approximate surface area is 221 Å². The van der Waals surface area contributed by atoms with E-state index in [9.17, 15) is 14.7 Å². The zero-order chi connectivity index (χ0) is 26.5. The molecule has 8 nitrogen and oxygen atoms in total. The molecule has 5 rings (SSSR count). The molecule has 2 aliphatic heterocycles. The standard InChI is InChI=1S/C30H32N2O6/c1-36-18-29(35)32-22-11-12-26-24(13-22)25-14-23(37-27(17-33)30(25)38-26)15-28(34)31-16-19-7-9-21(10-8-19)20-5-3-2-4-6-20/h2-13,23,25,27,30,33H,14-18H2,1H3,(H,31,34)(H,32,35)/t23-,25-,27+,30+/m0/s1. The number of benzene rings is 3. The predicted octanol–water partition coefficient (Wildman–Crippen LogP) is 3.64. The van der Waals surface area contributed by atoms with Gasteiger partial charge in [0.25, 0.3) is 0 Å². The van der Waals surface area contributed by atoms with Crippen LogP contribution in [0.4, 0.5) is 5.69 Å². The highest BCUT2D eigenvalue weighted by atomic mass is 16.6. The molecule has 2 aliphatic rings. The minimum absolute atomic E-state index is 0.0333. The molecule has 3 N–H and O–H groups in total. The summed E-state index contributed by atoms with van der Waals surface area (Å²) in [6.07, 6.45) is -0.502. The Morgan fingerprint density at radius 3 is 2.50 bits per heavy atom. The van der Waals surface area contributed by atoms with Gasteiger partial charge in [0.1, 0.15) is 24.6 Å². The van der Waals surface area contributed by atoms with Crippen molar-refractivity contribution in [1.82, 2.24) is 5.32 Å². The Morgan fingerprint density at radius 1 is 1.00 bits per heavy atom. The molecule has 0 bridgehead atoms. The maximum atomic E-state index is 12.8. The van der Waals surface area contributed by atoms with E-state index in [4.69, 9.17) is 14.2 Å². The molecule has 0 saturated carbocycles. The Balaban J connectivity index is 1.19. The molecule has 198 valence electrons. The van der Waals surface area contributed by atoms with Crippen LogP contribution >= 0.6 is 0 Å². The van der Waals surface area contributed by atoms with Crippen molar-refractivity contribution >= 4 is 17.5 Å². The van der Waals surface area contributed by atoms with E-state index in [0.29, 0.717) is 24.4 Å². The van der Waals surface area contributed by atoms with E-state index in [1.54, 1.807) is 6.07 Å². The number of rotatable bonds is 9. The first-order valence-corrected chi connectivity index (χ1v) is 12.8. The first-order chi connectivity index (χ1) is 18.5. The highest BCUT2D eigenvalue weighted by Crippen LogP contribution is 2.47. The molecule has 3 aromatic rings. The summed E-state index contributed by atoms with van der Waals surface area (Å²) >= 11 is 0. The van der Waals surface area contributed by atoms with Crippen molar-refractivity contribution < 1.29 is 28.9 Å². The summed E-state index contributed by atoms with van der Waals surface area (Å²) in [7, 11) is 1.47. The fourth-order valence-electron chi connectivity index (χ4n) is 5.22. The molecule has 1 saturated heterocycles. The number of methoxy groups -OCH3 is 1. The molecular formula is C30H32N2O6. The van der Waals surface area contributed by atoms with Gasteiger partial charge in [-0.1, -0.05) is 54.6 Å². The number of carbonyl (C=O) groups excluding carboxylic acids is 2. The van der Waals surface area contributed by atoms with Gasteiger partial charge in [-0.15, -0.1) is 0 Å². The molecule has 0 aliphatic carbocycles. The monoisotopic (exact) mass is 516 g/mol. The number of fused-ring (bicyclic) bond motifs is 3. The van der Waals surface area contributed by atoms with Gasteiger partial charge in [-0.25, -0.2) is 0 Å². The quantitative estimate of drug-likeness (QED) is 0.401. The average Bonchev–Trinajstić information content (AvgIpc) is 3.30. The smallest absolute Gasteiger partial charge is 0.250 e. The second-order valence-corrected chi connectivity index (χ2v) is 9.68.